The van der Waals surface area contributed by atoms with E-state index in [9.17, 15) is 14.4 Å². The van der Waals surface area contributed by atoms with Crippen LogP contribution in [0.25, 0.3) is 0 Å². The lowest BCUT2D eigenvalue weighted by atomic mass is 10.3. The van der Waals surface area contributed by atoms with Gasteiger partial charge in [0.15, 0.2) is 0 Å². The first-order valence-electron chi connectivity index (χ1n) is 4.56. The average Bonchev–Trinajstić information content (AvgIpc) is 2.20. The van der Waals surface area contributed by atoms with E-state index in [0.717, 1.165) is 0 Å². The summed E-state index contributed by atoms with van der Waals surface area (Å²) in [6.07, 6.45) is 0.554. The number of rotatable bonds is 6. The Morgan fingerprint density at radius 3 is 2.12 bits per heavy atom. The molecule has 0 aliphatic heterocycles. The molecule has 0 saturated heterocycles. The number of nitrogens with two attached hydrogens (primary N) is 2. The van der Waals surface area contributed by atoms with Crippen LogP contribution in [0.1, 0.15) is 12.8 Å². The van der Waals surface area contributed by atoms with Gasteiger partial charge in [-0.1, -0.05) is 12.2 Å². The van der Waals surface area contributed by atoms with Gasteiger partial charge in [0.05, 0.1) is 11.5 Å². The Morgan fingerprint density at radius 2 is 1.62 bits per heavy atom. The molecule has 0 bridgehead atoms. The second kappa shape index (κ2) is 7.57. The van der Waals surface area contributed by atoms with Crippen molar-refractivity contribution in [1.29, 1.82) is 0 Å². The third kappa shape index (κ3) is 7.68. The topological polar surface area (TPSA) is 127 Å². The number of amides is 3. The first-order valence-corrected chi connectivity index (χ1v) is 4.97. The van der Waals surface area contributed by atoms with Gasteiger partial charge in [-0.3, -0.25) is 14.4 Å². The quantitative estimate of drug-likeness (QED) is 0.239. The van der Waals surface area contributed by atoms with Gasteiger partial charge in [-0.15, -0.1) is 0 Å². The number of hydrogen-bond donors (Lipinski definition) is 4. The fraction of sp³-hybridized carbons (Fsp3) is 0.500. The molecule has 0 saturated carbocycles. The normalized spacial score (nSPS) is 9.25. The van der Waals surface area contributed by atoms with Gasteiger partial charge in [-0.25, -0.2) is 0 Å². The predicted octanol–water partition coefficient (Wildman–Crippen LogP) is -2.23. The molecule has 3 amide bonds. The van der Waals surface area contributed by atoms with Gasteiger partial charge in [0.2, 0.25) is 5.91 Å². The Balaban J connectivity index is 3.67. The van der Waals surface area contributed by atoms with Crippen LogP contribution in [-0.4, -0.2) is 35.8 Å². The van der Waals surface area contributed by atoms with Crippen LogP contribution >= 0.6 is 12.2 Å². The van der Waals surface area contributed by atoms with Crippen LogP contribution in [0.3, 0.4) is 0 Å². The highest BCUT2D eigenvalue weighted by molar-refractivity contribution is 7.80. The summed E-state index contributed by atoms with van der Waals surface area (Å²) in [5.41, 5.74) is 10.0. The Bertz CT molecular complexity index is 306. The van der Waals surface area contributed by atoms with Gasteiger partial charge in [0.1, 0.15) is 0 Å². The van der Waals surface area contributed by atoms with Crippen molar-refractivity contribution in [1.82, 2.24) is 10.6 Å². The van der Waals surface area contributed by atoms with E-state index in [1.165, 1.54) is 0 Å². The molecule has 16 heavy (non-hydrogen) atoms. The first kappa shape index (κ1) is 14.3. The van der Waals surface area contributed by atoms with Crippen molar-refractivity contribution in [2.45, 2.75) is 12.8 Å². The second-order valence-corrected chi connectivity index (χ2v) is 3.50. The SMILES string of the molecule is NC(=O)CCCNC(=O)C(=O)NCC(N)=S. The molecule has 90 valence electrons. The zero-order valence-corrected chi connectivity index (χ0v) is 9.43. The van der Waals surface area contributed by atoms with Gasteiger partial charge in [0.25, 0.3) is 0 Å². The smallest absolute Gasteiger partial charge is 0.309 e. The highest BCUT2D eigenvalue weighted by Gasteiger charge is 2.11. The van der Waals surface area contributed by atoms with Crippen LogP contribution in [0.4, 0.5) is 0 Å². The molecule has 0 aromatic carbocycles. The van der Waals surface area contributed by atoms with E-state index in [2.05, 4.69) is 22.9 Å². The molecule has 0 fully saturated rings. The fourth-order valence-electron chi connectivity index (χ4n) is 0.792. The van der Waals surface area contributed by atoms with Gasteiger partial charge in [0, 0.05) is 13.0 Å². The van der Waals surface area contributed by atoms with Crippen LogP contribution in [0.5, 0.6) is 0 Å². The summed E-state index contributed by atoms with van der Waals surface area (Å²) >= 11 is 4.52. The predicted molar refractivity (Wildman–Crippen MR) is 61.2 cm³/mol. The number of nitrogens with one attached hydrogen (secondary N) is 2. The third-order valence-corrected chi connectivity index (χ3v) is 1.66. The Hall–Kier alpha value is -1.70. The van der Waals surface area contributed by atoms with Crippen LogP contribution in [0, 0.1) is 0 Å². The molecule has 0 aliphatic carbocycles. The lowest BCUT2D eigenvalue weighted by Crippen LogP contribution is -2.43. The van der Waals surface area contributed by atoms with Crippen molar-refractivity contribution in [3.8, 4) is 0 Å². The molecule has 0 aromatic heterocycles. The third-order valence-electron chi connectivity index (χ3n) is 1.51. The maximum Gasteiger partial charge on any atom is 0.309 e. The lowest BCUT2D eigenvalue weighted by Gasteiger charge is -2.04. The van der Waals surface area contributed by atoms with Crippen molar-refractivity contribution in [2.75, 3.05) is 13.1 Å². The minimum absolute atomic E-state index is 0.0249. The lowest BCUT2D eigenvalue weighted by molar-refractivity contribution is -0.139. The summed E-state index contributed by atoms with van der Waals surface area (Å²) in [6, 6.07) is 0. The van der Waals surface area contributed by atoms with E-state index in [1.54, 1.807) is 0 Å². The molecule has 0 radical (unpaired) electrons. The molecule has 6 N–H and O–H groups in total. The number of hydrogen-bond acceptors (Lipinski definition) is 4. The van der Waals surface area contributed by atoms with E-state index in [1.807, 2.05) is 0 Å². The number of primary amides is 1. The van der Waals surface area contributed by atoms with Crippen molar-refractivity contribution in [2.24, 2.45) is 11.5 Å². The molecule has 0 rings (SSSR count). The van der Waals surface area contributed by atoms with Crippen molar-refractivity contribution < 1.29 is 14.4 Å². The molecule has 0 unspecified atom stereocenters. The molecule has 7 nitrogen and oxygen atoms in total. The summed E-state index contributed by atoms with van der Waals surface area (Å²) in [6.45, 7) is 0.186. The Labute approximate surface area is 97.9 Å². The number of carbonyl (C=O) groups excluding carboxylic acids is 3. The first-order chi connectivity index (χ1) is 7.43. The Morgan fingerprint density at radius 1 is 1.06 bits per heavy atom. The molecule has 0 aromatic rings. The maximum absolute atomic E-state index is 11.1. The highest BCUT2D eigenvalue weighted by Crippen LogP contribution is 1.84. The summed E-state index contributed by atoms with van der Waals surface area (Å²) in [5.74, 6) is -2.06. The summed E-state index contributed by atoms with van der Waals surface area (Å²) in [7, 11) is 0. The minimum Gasteiger partial charge on any atom is -0.392 e. The van der Waals surface area contributed by atoms with E-state index in [-0.39, 0.29) is 24.5 Å². The highest BCUT2D eigenvalue weighted by atomic mass is 32.1. The molecule has 0 aliphatic rings. The van der Waals surface area contributed by atoms with Crippen molar-refractivity contribution >= 4 is 34.9 Å². The molecule has 0 heterocycles. The van der Waals surface area contributed by atoms with Gasteiger partial charge in [-0.2, -0.15) is 0 Å². The largest absolute Gasteiger partial charge is 0.392 e. The second-order valence-electron chi connectivity index (χ2n) is 2.97. The van der Waals surface area contributed by atoms with E-state index in [0.29, 0.717) is 6.42 Å². The molecular formula is C8H14N4O3S. The average molecular weight is 246 g/mol. The summed E-state index contributed by atoms with van der Waals surface area (Å²) < 4.78 is 0. The molecule has 0 atom stereocenters. The van der Waals surface area contributed by atoms with E-state index in [4.69, 9.17) is 11.5 Å². The zero-order valence-electron chi connectivity index (χ0n) is 8.62. The van der Waals surface area contributed by atoms with Gasteiger partial charge >= 0.3 is 11.8 Å². The standard InChI is InChI=1S/C8H14N4O3S/c9-5(13)2-1-3-11-7(14)8(15)12-4-6(10)16/h1-4H2,(H2,9,13)(H2,10,16)(H,11,14)(H,12,15). The Kier molecular flexibility index (Phi) is 6.77. The van der Waals surface area contributed by atoms with E-state index >= 15 is 0 Å². The van der Waals surface area contributed by atoms with Crippen LogP contribution in [-0.2, 0) is 14.4 Å². The summed E-state index contributed by atoms with van der Waals surface area (Å²) in [5, 5.41) is 4.54. The van der Waals surface area contributed by atoms with Crippen LogP contribution in [0.15, 0.2) is 0 Å². The van der Waals surface area contributed by atoms with Crippen LogP contribution in [0.2, 0.25) is 0 Å². The fourth-order valence-corrected chi connectivity index (χ4v) is 0.865. The molecule has 8 heteroatoms. The van der Waals surface area contributed by atoms with Crippen LogP contribution < -0.4 is 22.1 Å². The number of thiocarbonyl (C=S) groups is 1. The summed E-state index contributed by atoms with van der Waals surface area (Å²) in [4.78, 5) is 32.6. The molecule has 0 spiro atoms. The number of carbonyl (C=O) groups is 3. The van der Waals surface area contributed by atoms with Crippen molar-refractivity contribution in [3.05, 3.63) is 0 Å². The zero-order chi connectivity index (χ0) is 12.6. The maximum atomic E-state index is 11.1. The van der Waals surface area contributed by atoms with Gasteiger partial charge in [-0.05, 0) is 6.42 Å². The minimum atomic E-state index is -0.813. The van der Waals surface area contributed by atoms with Gasteiger partial charge < -0.3 is 22.1 Å². The van der Waals surface area contributed by atoms with Crippen molar-refractivity contribution in [3.63, 3.8) is 0 Å². The monoisotopic (exact) mass is 246 g/mol. The molecular weight excluding hydrogens is 232 g/mol. The van der Waals surface area contributed by atoms with E-state index < -0.39 is 17.7 Å².